The van der Waals surface area contributed by atoms with Crippen molar-refractivity contribution in [3.63, 3.8) is 0 Å². The molecule has 132 valence electrons. The summed E-state index contributed by atoms with van der Waals surface area (Å²) >= 11 is 0. The van der Waals surface area contributed by atoms with Gasteiger partial charge in [-0.05, 0) is 43.9 Å². The molecule has 0 radical (unpaired) electrons. The molecule has 24 heavy (non-hydrogen) atoms. The fourth-order valence-electron chi connectivity index (χ4n) is 3.01. The third-order valence-corrected chi connectivity index (χ3v) is 4.91. The standard InChI is InChI=1S/C21H32N2O/c1-4-5-6-7-8-9-10-11-17-12-14-18(15-13-17)16-19-21(2,3)20(24)23-22-19/h12-16,22H,4-11H2,1-3H3,(H,23,24)/b19-16-. The zero-order valence-corrected chi connectivity index (χ0v) is 15.5. The van der Waals surface area contributed by atoms with Crippen LogP contribution in [0.3, 0.4) is 0 Å². The summed E-state index contributed by atoms with van der Waals surface area (Å²) in [5.74, 6) is 0.0179. The Hall–Kier alpha value is -1.77. The SMILES string of the molecule is CCCCCCCCCc1ccc(/C=C2\NNC(=O)C2(C)C)cc1. The Morgan fingerprint density at radius 2 is 1.54 bits per heavy atom. The zero-order chi connectivity index (χ0) is 17.4. The summed E-state index contributed by atoms with van der Waals surface area (Å²) in [4.78, 5) is 11.8. The van der Waals surface area contributed by atoms with Crippen LogP contribution in [0.25, 0.3) is 6.08 Å². The first-order chi connectivity index (χ1) is 11.5. The van der Waals surface area contributed by atoms with E-state index in [-0.39, 0.29) is 5.91 Å². The van der Waals surface area contributed by atoms with Gasteiger partial charge in [0.25, 0.3) is 0 Å². The number of rotatable bonds is 9. The molecule has 1 aromatic carbocycles. The summed E-state index contributed by atoms with van der Waals surface area (Å²) < 4.78 is 0. The molecule has 0 aliphatic carbocycles. The molecule has 0 spiro atoms. The largest absolute Gasteiger partial charge is 0.302 e. The van der Waals surface area contributed by atoms with Gasteiger partial charge in [0.05, 0.1) is 5.41 Å². The lowest BCUT2D eigenvalue weighted by Crippen LogP contribution is -2.28. The Morgan fingerprint density at radius 1 is 0.917 bits per heavy atom. The van der Waals surface area contributed by atoms with Gasteiger partial charge >= 0.3 is 0 Å². The first-order valence-electron chi connectivity index (χ1n) is 9.41. The number of hydrogen-bond acceptors (Lipinski definition) is 2. The highest BCUT2D eigenvalue weighted by Crippen LogP contribution is 2.29. The van der Waals surface area contributed by atoms with Gasteiger partial charge in [-0.15, -0.1) is 0 Å². The Kier molecular flexibility index (Phi) is 6.89. The van der Waals surface area contributed by atoms with Gasteiger partial charge in [0.2, 0.25) is 5.91 Å². The third kappa shape index (κ3) is 5.12. The van der Waals surface area contributed by atoms with Crippen molar-refractivity contribution in [3.8, 4) is 0 Å². The molecule has 0 bridgehead atoms. The molecule has 0 saturated carbocycles. The molecule has 3 nitrogen and oxygen atoms in total. The van der Waals surface area contributed by atoms with Crippen molar-refractivity contribution in [1.82, 2.24) is 10.9 Å². The van der Waals surface area contributed by atoms with E-state index < -0.39 is 5.41 Å². The number of hydrogen-bond donors (Lipinski definition) is 2. The molecule has 0 atom stereocenters. The maximum absolute atomic E-state index is 11.8. The van der Waals surface area contributed by atoms with Gasteiger partial charge in [0.1, 0.15) is 0 Å². The minimum Gasteiger partial charge on any atom is -0.302 e. The first kappa shape index (κ1) is 18.6. The minimum atomic E-state index is -0.490. The molecular formula is C21H32N2O. The van der Waals surface area contributed by atoms with Crippen molar-refractivity contribution in [2.45, 2.75) is 72.1 Å². The average molecular weight is 329 g/mol. The highest BCUT2D eigenvalue weighted by molar-refractivity contribution is 5.89. The third-order valence-electron chi connectivity index (χ3n) is 4.91. The van der Waals surface area contributed by atoms with Gasteiger partial charge in [-0.25, -0.2) is 0 Å². The molecule has 1 aliphatic rings. The Morgan fingerprint density at radius 3 is 2.12 bits per heavy atom. The summed E-state index contributed by atoms with van der Waals surface area (Å²) in [6.45, 7) is 6.13. The van der Waals surface area contributed by atoms with Gasteiger partial charge in [0.15, 0.2) is 0 Å². The lowest BCUT2D eigenvalue weighted by molar-refractivity contribution is -0.125. The maximum Gasteiger partial charge on any atom is 0.249 e. The average Bonchev–Trinajstić information content (AvgIpc) is 2.82. The van der Waals surface area contributed by atoms with E-state index in [1.165, 1.54) is 50.5 Å². The van der Waals surface area contributed by atoms with E-state index in [0.29, 0.717) is 0 Å². The molecule has 2 rings (SSSR count). The summed E-state index contributed by atoms with van der Waals surface area (Å²) in [5, 5.41) is 0. The van der Waals surface area contributed by atoms with Crippen LogP contribution in [0.5, 0.6) is 0 Å². The second-order valence-corrected chi connectivity index (χ2v) is 7.38. The lowest BCUT2D eigenvalue weighted by Gasteiger charge is -2.14. The molecular weight excluding hydrogens is 296 g/mol. The number of benzene rings is 1. The van der Waals surface area contributed by atoms with Crippen molar-refractivity contribution in [2.24, 2.45) is 5.41 Å². The van der Waals surface area contributed by atoms with Crippen LogP contribution >= 0.6 is 0 Å². The Bertz CT molecular complexity index is 558. The van der Waals surface area contributed by atoms with E-state index in [9.17, 15) is 4.79 Å². The summed E-state index contributed by atoms with van der Waals surface area (Å²) in [5.41, 5.74) is 8.64. The van der Waals surface area contributed by atoms with E-state index >= 15 is 0 Å². The predicted octanol–water partition coefficient (Wildman–Crippen LogP) is 4.98. The molecule has 0 aromatic heterocycles. The quantitative estimate of drug-likeness (QED) is 0.628. The van der Waals surface area contributed by atoms with E-state index in [1.807, 2.05) is 13.8 Å². The number of hydrazine groups is 1. The Balaban J connectivity index is 1.78. The molecule has 2 N–H and O–H groups in total. The number of unbranched alkanes of at least 4 members (excludes halogenated alkanes) is 6. The van der Waals surface area contributed by atoms with E-state index in [0.717, 1.165) is 17.7 Å². The van der Waals surface area contributed by atoms with Crippen molar-refractivity contribution in [3.05, 3.63) is 41.1 Å². The van der Waals surface area contributed by atoms with Crippen molar-refractivity contribution >= 4 is 12.0 Å². The van der Waals surface area contributed by atoms with Crippen LogP contribution in [0.2, 0.25) is 0 Å². The van der Waals surface area contributed by atoms with Crippen LogP contribution in [-0.2, 0) is 11.2 Å². The normalized spacial score (nSPS) is 17.8. The van der Waals surface area contributed by atoms with Crippen LogP contribution in [0.4, 0.5) is 0 Å². The minimum absolute atomic E-state index is 0.0179. The second-order valence-electron chi connectivity index (χ2n) is 7.38. The van der Waals surface area contributed by atoms with E-state index in [2.05, 4.69) is 48.1 Å². The van der Waals surface area contributed by atoms with Crippen LogP contribution in [0.1, 0.15) is 76.8 Å². The highest BCUT2D eigenvalue weighted by atomic mass is 16.2. The zero-order valence-electron chi connectivity index (χ0n) is 15.5. The van der Waals surface area contributed by atoms with Gasteiger partial charge in [-0.2, -0.15) is 0 Å². The number of amides is 1. The molecule has 1 amide bonds. The van der Waals surface area contributed by atoms with Crippen LogP contribution < -0.4 is 10.9 Å². The Labute approximate surface area is 146 Å². The summed E-state index contributed by atoms with van der Waals surface area (Å²) in [6.07, 6.45) is 12.7. The van der Waals surface area contributed by atoms with Crippen molar-refractivity contribution in [1.29, 1.82) is 0 Å². The molecule has 1 aromatic rings. The van der Waals surface area contributed by atoms with Crippen LogP contribution in [0.15, 0.2) is 30.0 Å². The van der Waals surface area contributed by atoms with Gasteiger partial charge in [0, 0.05) is 5.70 Å². The van der Waals surface area contributed by atoms with Crippen molar-refractivity contribution < 1.29 is 4.79 Å². The van der Waals surface area contributed by atoms with Crippen molar-refractivity contribution in [2.75, 3.05) is 0 Å². The summed E-state index contributed by atoms with van der Waals surface area (Å²) in [6, 6.07) is 8.70. The van der Waals surface area contributed by atoms with E-state index in [4.69, 9.17) is 0 Å². The van der Waals surface area contributed by atoms with Gasteiger partial charge in [-0.1, -0.05) is 69.7 Å². The summed E-state index contributed by atoms with van der Waals surface area (Å²) in [7, 11) is 0. The van der Waals surface area contributed by atoms with Crippen LogP contribution in [-0.4, -0.2) is 5.91 Å². The predicted molar refractivity (Wildman–Crippen MR) is 101 cm³/mol. The number of nitrogens with one attached hydrogen (secondary N) is 2. The number of carbonyl (C=O) groups excluding carboxylic acids is 1. The molecule has 3 heteroatoms. The monoisotopic (exact) mass is 328 g/mol. The smallest absolute Gasteiger partial charge is 0.249 e. The first-order valence-corrected chi connectivity index (χ1v) is 9.41. The number of aryl methyl sites for hydroxylation is 1. The molecule has 1 fully saturated rings. The molecule has 1 heterocycles. The van der Waals surface area contributed by atoms with E-state index in [1.54, 1.807) is 0 Å². The topological polar surface area (TPSA) is 41.1 Å². The molecule has 1 aliphatic heterocycles. The van der Waals surface area contributed by atoms with Crippen LogP contribution in [0, 0.1) is 5.41 Å². The van der Waals surface area contributed by atoms with Gasteiger partial charge < -0.3 is 5.43 Å². The maximum atomic E-state index is 11.8. The fraction of sp³-hybridized carbons (Fsp3) is 0.571. The highest BCUT2D eigenvalue weighted by Gasteiger charge is 2.37. The second kappa shape index (κ2) is 8.91. The van der Waals surface area contributed by atoms with Gasteiger partial charge in [-0.3, -0.25) is 10.2 Å². The molecule has 0 unspecified atom stereocenters. The molecule has 1 saturated heterocycles. The fourth-order valence-corrected chi connectivity index (χ4v) is 3.01. The number of carbonyl (C=O) groups is 1. The lowest BCUT2D eigenvalue weighted by atomic mass is 9.89.